The molecule has 1 aliphatic heterocycles. The third-order valence-electron chi connectivity index (χ3n) is 4.10. The maximum atomic E-state index is 12.2. The van der Waals surface area contributed by atoms with Crippen molar-refractivity contribution in [1.82, 2.24) is 10.2 Å². The number of benzene rings is 2. The van der Waals surface area contributed by atoms with Crippen molar-refractivity contribution in [2.24, 2.45) is 0 Å². The molecule has 0 radical (unpaired) electrons. The average molecular weight is 325 g/mol. The molecule has 0 saturated carbocycles. The van der Waals surface area contributed by atoms with Crippen molar-refractivity contribution in [1.29, 1.82) is 0 Å². The predicted molar refractivity (Wildman–Crippen MR) is 95.5 cm³/mol. The van der Waals surface area contributed by atoms with Gasteiger partial charge in [0.25, 0.3) is 0 Å². The summed E-state index contributed by atoms with van der Waals surface area (Å²) in [6.07, 6.45) is 0. The van der Waals surface area contributed by atoms with Crippen LogP contribution in [0.2, 0.25) is 0 Å². The SMILES string of the molecule is C[C@H]1CNCCN1CC(=O)Nc1ccc(Oc2ccccc2)cc1. The molecule has 5 nitrogen and oxygen atoms in total. The Morgan fingerprint density at radius 3 is 2.58 bits per heavy atom. The minimum Gasteiger partial charge on any atom is -0.457 e. The van der Waals surface area contributed by atoms with Gasteiger partial charge in [-0.25, -0.2) is 0 Å². The summed E-state index contributed by atoms with van der Waals surface area (Å²) in [4.78, 5) is 14.4. The van der Waals surface area contributed by atoms with E-state index in [1.54, 1.807) is 0 Å². The molecule has 0 bridgehead atoms. The van der Waals surface area contributed by atoms with Gasteiger partial charge in [0.1, 0.15) is 11.5 Å². The van der Waals surface area contributed by atoms with E-state index in [-0.39, 0.29) is 5.91 Å². The largest absolute Gasteiger partial charge is 0.457 e. The standard InChI is InChI=1S/C19H23N3O2/c1-15-13-20-11-12-22(15)14-19(23)21-16-7-9-18(10-8-16)24-17-5-3-2-4-6-17/h2-10,15,20H,11-14H2,1H3,(H,21,23)/t15-/m0/s1. The second-order valence-electron chi connectivity index (χ2n) is 6.01. The van der Waals surface area contributed by atoms with Crippen molar-refractivity contribution in [3.63, 3.8) is 0 Å². The normalized spacial score (nSPS) is 18.1. The fourth-order valence-corrected chi connectivity index (χ4v) is 2.73. The highest BCUT2D eigenvalue weighted by molar-refractivity contribution is 5.92. The topological polar surface area (TPSA) is 53.6 Å². The van der Waals surface area contributed by atoms with E-state index in [1.165, 1.54) is 0 Å². The Hall–Kier alpha value is -2.37. The van der Waals surface area contributed by atoms with Gasteiger partial charge in [-0.15, -0.1) is 0 Å². The van der Waals surface area contributed by atoms with Crippen LogP contribution in [-0.2, 0) is 4.79 Å². The molecule has 1 fully saturated rings. The first kappa shape index (κ1) is 16.5. The number of carbonyl (C=O) groups excluding carboxylic acids is 1. The molecule has 1 saturated heterocycles. The Kier molecular flexibility index (Phi) is 5.46. The van der Waals surface area contributed by atoms with Gasteiger partial charge in [-0.2, -0.15) is 0 Å². The summed E-state index contributed by atoms with van der Waals surface area (Å²) in [7, 11) is 0. The molecule has 2 aromatic carbocycles. The summed E-state index contributed by atoms with van der Waals surface area (Å²) < 4.78 is 5.75. The summed E-state index contributed by atoms with van der Waals surface area (Å²) in [5, 5.41) is 6.27. The molecule has 1 heterocycles. The molecule has 1 aliphatic rings. The highest BCUT2D eigenvalue weighted by atomic mass is 16.5. The van der Waals surface area contributed by atoms with Gasteiger partial charge < -0.3 is 15.4 Å². The Morgan fingerprint density at radius 2 is 1.88 bits per heavy atom. The van der Waals surface area contributed by atoms with Gasteiger partial charge >= 0.3 is 0 Å². The Balaban J connectivity index is 1.53. The average Bonchev–Trinajstić information content (AvgIpc) is 2.60. The molecule has 5 heteroatoms. The molecule has 24 heavy (non-hydrogen) atoms. The number of amides is 1. The number of carbonyl (C=O) groups is 1. The molecule has 0 aliphatic carbocycles. The maximum Gasteiger partial charge on any atom is 0.238 e. The third-order valence-corrected chi connectivity index (χ3v) is 4.10. The van der Waals surface area contributed by atoms with Gasteiger partial charge in [0.05, 0.1) is 6.54 Å². The summed E-state index contributed by atoms with van der Waals surface area (Å²) in [6, 6.07) is 17.4. The number of para-hydroxylation sites is 1. The number of rotatable bonds is 5. The number of hydrogen-bond donors (Lipinski definition) is 2. The molecular weight excluding hydrogens is 302 g/mol. The van der Waals surface area contributed by atoms with Gasteiger partial charge in [-0.3, -0.25) is 9.69 Å². The minimum atomic E-state index is 0.0143. The van der Waals surface area contributed by atoms with Crippen molar-refractivity contribution in [2.75, 3.05) is 31.5 Å². The number of nitrogens with zero attached hydrogens (tertiary/aromatic N) is 1. The van der Waals surface area contributed by atoms with Crippen molar-refractivity contribution in [3.05, 3.63) is 54.6 Å². The van der Waals surface area contributed by atoms with Crippen molar-refractivity contribution < 1.29 is 9.53 Å². The van der Waals surface area contributed by atoms with Crippen LogP contribution in [-0.4, -0.2) is 43.0 Å². The zero-order valence-electron chi connectivity index (χ0n) is 13.9. The Bertz CT molecular complexity index is 658. The third kappa shape index (κ3) is 4.57. The molecule has 3 rings (SSSR count). The fourth-order valence-electron chi connectivity index (χ4n) is 2.73. The molecule has 1 atom stereocenters. The van der Waals surface area contributed by atoms with Gasteiger partial charge in [-0.05, 0) is 43.3 Å². The van der Waals surface area contributed by atoms with Gasteiger partial charge in [0.2, 0.25) is 5.91 Å². The van der Waals surface area contributed by atoms with E-state index in [1.807, 2.05) is 54.6 Å². The lowest BCUT2D eigenvalue weighted by Crippen LogP contribution is -2.51. The van der Waals surface area contributed by atoms with E-state index in [9.17, 15) is 4.79 Å². The molecule has 1 amide bonds. The first-order valence-electron chi connectivity index (χ1n) is 8.28. The Labute approximate surface area is 142 Å². The van der Waals surface area contributed by atoms with Crippen molar-refractivity contribution in [3.8, 4) is 11.5 Å². The summed E-state index contributed by atoms with van der Waals surface area (Å²) in [5.41, 5.74) is 0.781. The summed E-state index contributed by atoms with van der Waals surface area (Å²) >= 11 is 0. The zero-order valence-corrected chi connectivity index (χ0v) is 13.9. The van der Waals surface area contributed by atoms with E-state index in [0.717, 1.165) is 36.8 Å². The van der Waals surface area contributed by atoms with Crippen LogP contribution in [0, 0.1) is 0 Å². The maximum absolute atomic E-state index is 12.2. The number of nitrogens with one attached hydrogen (secondary N) is 2. The number of anilines is 1. The molecule has 0 aromatic heterocycles. The lowest BCUT2D eigenvalue weighted by molar-refractivity contribution is -0.118. The summed E-state index contributed by atoms with van der Waals surface area (Å²) in [6.45, 7) is 5.32. The van der Waals surface area contributed by atoms with Gasteiger partial charge in [0, 0.05) is 31.4 Å². The molecular formula is C19H23N3O2. The van der Waals surface area contributed by atoms with Crippen LogP contribution in [0.3, 0.4) is 0 Å². The fraction of sp³-hybridized carbons (Fsp3) is 0.316. The summed E-state index contributed by atoms with van der Waals surface area (Å²) in [5.74, 6) is 1.55. The van der Waals surface area contributed by atoms with E-state index in [4.69, 9.17) is 4.74 Å². The van der Waals surface area contributed by atoms with Crippen molar-refractivity contribution in [2.45, 2.75) is 13.0 Å². The van der Waals surface area contributed by atoms with Crippen LogP contribution in [0.25, 0.3) is 0 Å². The predicted octanol–water partition coefficient (Wildman–Crippen LogP) is 2.71. The Morgan fingerprint density at radius 1 is 1.17 bits per heavy atom. The highest BCUT2D eigenvalue weighted by Gasteiger charge is 2.20. The van der Waals surface area contributed by atoms with Crippen LogP contribution in [0.5, 0.6) is 11.5 Å². The van der Waals surface area contributed by atoms with Gasteiger partial charge in [-0.1, -0.05) is 18.2 Å². The number of hydrogen-bond acceptors (Lipinski definition) is 4. The van der Waals surface area contributed by atoms with Crippen LogP contribution in [0.15, 0.2) is 54.6 Å². The minimum absolute atomic E-state index is 0.0143. The van der Waals surface area contributed by atoms with Crippen LogP contribution in [0.1, 0.15) is 6.92 Å². The quantitative estimate of drug-likeness (QED) is 0.887. The highest BCUT2D eigenvalue weighted by Crippen LogP contribution is 2.22. The first-order valence-corrected chi connectivity index (χ1v) is 8.28. The molecule has 2 aromatic rings. The second kappa shape index (κ2) is 7.95. The van der Waals surface area contributed by atoms with Crippen molar-refractivity contribution >= 4 is 11.6 Å². The number of ether oxygens (including phenoxy) is 1. The van der Waals surface area contributed by atoms with Crippen LogP contribution < -0.4 is 15.4 Å². The van der Waals surface area contributed by atoms with E-state index < -0.39 is 0 Å². The first-order chi connectivity index (χ1) is 11.7. The molecule has 126 valence electrons. The molecule has 0 spiro atoms. The van der Waals surface area contributed by atoms with E-state index in [0.29, 0.717) is 12.6 Å². The van der Waals surface area contributed by atoms with Gasteiger partial charge in [0.15, 0.2) is 0 Å². The van der Waals surface area contributed by atoms with E-state index in [2.05, 4.69) is 22.5 Å². The monoisotopic (exact) mass is 325 g/mol. The number of piperazine rings is 1. The lowest BCUT2D eigenvalue weighted by Gasteiger charge is -2.33. The zero-order chi connectivity index (χ0) is 16.8. The second-order valence-corrected chi connectivity index (χ2v) is 6.01. The smallest absolute Gasteiger partial charge is 0.238 e. The molecule has 2 N–H and O–H groups in total. The molecule has 0 unspecified atom stereocenters. The lowest BCUT2D eigenvalue weighted by atomic mass is 10.2. The van der Waals surface area contributed by atoms with Crippen LogP contribution >= 0.6 is 0 Å². The van der Waals surface area contributed by atoms with Crippen LogP contribution in [0.4, 0.5) is 5.69 Å². The van der Waals surface area contributed by atoms with E-state index >= 15 is 0 Å².